The van der Waals surface area contributed by atoms with Gasteiger partial charge in [0.05, 0.1) is 23.2 Å². The molecule has 2 aromatic rings. The molecule has 1 saturated carbocycles. The Hall–Kier alpha value is -3.07. The van der Waals surface area contributed by atoms with Gasteiger partial charge in [-0.25, -0.2) is 0 Å². The normalized spacial score (nSPS) is 32.2. The standard InChI is InChI=1S/C28H30N2O6/c31-14-16-3-6-18(7-4-16)29-26(34)19-12-28(35)21-11-17-5-8-20(32)24-22(17)27(28,25(36-24)23(19)33)9-10-30(21)13-15-1-2-15/h3-8,15,21,25,31-33,35H,1-2,9-14H2,(H,29,34)/t21-,25+,27+,28-/m1/s1. The largest absolute Gasteiger partial charge is 0.508 e. The molecule has 0 unspecified atom stereocenters. The molecule has 4 atom stereocenters. The minimum atomic E-state index is -1.34. The number of aliphatic hydroxyl groups excluding tert-OH is 2. The van der Waals surface area contributed by atoms with Crippen LogP contribution in [0.2, 0.25) is 0 Å². The van der Waals surface area contributed by atoms with Crippen LogP contribution in [0.25, 0.3) is 0 Å². The zero-order valence-electron chi connectivity index (χ0n) is 19.9. The molecule has 2 aromatic carbocycles. The summed E-state index contributed by atoms with van der Waals surface area (Å²) < 4.78 is 6.23. The van der Waals surface area contributed by atoms with Crippen molar-refractivity contribution >= 4 is 11.6 Å². The Bertz CT molecular complexity index is 1300. The molecule has 1 amide bonds. The summed E-state index contributed by atoms with van der Waals surface area (Å²) in [6, 6.07) is 10.1. The maximum atomic E-state index is 13.5. The second-order valence-corrected chi connectivity index (χ2v) is 11.1. The molecule has 1 saturated heterocycles. The topological polar surface area (TPSA) is 122 Å². The molecule has 0 radical (unpaired) electrons. The number of hydrogen-bond donors (Lipinski definition) is 5. The molecule has 2 heterocycles. The van der Waals surface area contributed by atoms with Crippen LogP contribution >= 0.6 is 0 Å². The highest BCUT2D eigenvalue weighted by atomic mass is 16.5. The van der Waals surface area contributed by atoms with E-state index in [1.807, 2.05) is 6.07 Å². The van der Waals surface area contributed by atoms with Gasteiger partial charge < -0.3 is 30.5 Å². The third kappa shape index (κ3) is 2.83. The third-order valence-electron chi connectivity index (χ3n) is 9.19. The number of piperidine rings is 1. The Morgan fingerprint density at radius 1 is 1.14 bits per heavy atom. The van der Waals surface area contributed by atoms with E-state index in [4.69, 9.17) is 4.74 Å². The number of carbonyl (C=O) groups is 1. The fraction of sp³-hybridized carbons (Fsp3) is 0.464. The molecule has 3 aliphatic carbocycles. The van der Waals surface area contributed by atoms with Gasteiger partial charge in [0, 0.05) is 30.3 Å². The van der Waals surface area contributed by atoms with Gasteiger partial charge in [0.25, 0.3) is 5.91 Å². The van der Waals surface area contributed by atoms with Gasteiger partial charge in [0.15, 0.2) is 17.6 Å². The quantitative estimate of drug-likeness (QED) is 0.437. The molecule has 5 aliphatic rings. The maximum Gasteiger partial charge on any atom is 0.255 e. The van der Waals surface area contributed by atoms with Gasteiger partial charge in [-0.2, -0.15) is 0 Å². The summed E-state index contributed by atoms with van der Waals surface area (Å²) >= 11 is 0. The number of aliphatic hydroxyl groups is 3. The SMILES string of the molecule is O=C(Nc1ccc(CO)cc1)C1=C(O)[C@@H]2Oc3c(O)ccc4c3[C@@]23CCN(CC2CC2)[C@H](C4)[C@]3(O)C1. The average molecular weight is 491 g/mol. The first kappa shape index (κ1) is 22.2. The van der Waals surface area contributed by atoms with E-state index in [-0.39, 0.29) is 36.2 Å². The molecule has 2 bridgehead atoms. The number of anilines is 1. The van der Waals surface area contributed by atoms with Crippen molar-refractivity contribution < 1.29 is 30.0 Å². The van der Waals surface area contributed by atoms with Gasteiger partial charge in [0.2, 0.25) is 0 Å². The van der Waals surface area contributed by atoms with Gasteiger partial charge in [-0.3, -0.25) is 9.69 Å². The Kier molecular flexibility index (Phi) is 4.60. The molecule has 5 N–H and O–H groups in total. The van der Waals surface area contributed by atoms with Crippen molar-refractivity contribution in [2.45, 2.75) is 61.9 Å². The molecule has 8 heteroatoms. The summed E-state index contributed by atoms with van der Waals surface area (Å²) in [7, 11) is 0. The number of hydrogen-bond acceptors (Lipinski definition) is 7. The van der Waals surface area contributed by atoms with Crippen LogP contribution in [-0.4, -0.2) is 62.1 Å². The molecule has 2 fully saturated rings. The zero-order valence-corrected chi connectivity index (χ0v) is 19.9. The Morgan fingerprint density at radius 3 is 2.64 bits per heavy atom. The van der Waals surface area contributed by atoms with Crippen LogP contribution in [0, 0.1) is 5.92 Å². The summed E-state index contributed by atoms with van der Waals surface area (Å²) in [5.41, 5.74) is 0.931. The molecule has 1 spiro atoms. The first-order valence-corrected chi connectivity index (χ1v) is 12.8. The highest BCUT2D eigenvalue weighted by Gasteiger charge is 2.73. The lowest BCUT2D eigenvalue weighted by Gasteiger charge is -2.62. The second-order valence-electron chi connectivity index (χ2n) is 11.1. The molecular formula is C28H30N2O6. The van der Waals surface area contributed by atoms with E-state index in [0.29, 0.717) is 30.2 Å². The predicted molar refractivity (Wildman–Crippen MR) is 131 cm³/mol. The van der Waals surface area contributed by atoms with E-state index in [9.17, 15) is 25.2 Å². The van der Waals surface area contributed by atoms with Crippen molar-refractivity contribution in [1.82, 2.24) is 4.90 Å². The second kappa shape index (κ2) is 7.47. The number of carbonyl (C=O) groups excluding carboxylic acids is 1. The van der Waals surface area contributed by atoms with Crippen LogP contribution in [0.1, 0.15) is 42.4 Å². The van der Waals surface area contributed by atoms with Gasteiger partial charge >= 0.3 is 0 Å². The summed E-state index contributed by atoms with van der Waals surface area (Å²) in [6.45, 7) is 1.59. The fourth-order valence-electron chi connectivity index (χ4n) is 7.27. The molecule has 36 heavy (non-hydrogen) atoms. The molecular weight excluding hydrogens is 460 g/mol. The Morgan fingerprint density at radius 2 is 1.92 bits per heavy atom. The lowest BCUT2D eigenvalue weighted by Crippen LogP contribution is -2.75. The van der Waals surface area contributed by atoms with Crippen molar-refractivity contribution in [2.24, 2.45) is 5.92 Å². The number of phenolic OH excluding ortho intramolecular Hbond substituents is 1. The number of ether oxygens (including phenoxy) is 1. The van der Waals surface area contributed by atoms with E-state index in [2.05, 4.69) is 10.2 Å². The Balaban J connectivity index is 1.33. The van der Waals surface area contributed by atoms with E-state index in [1.54, 1.807) is 30.3 Å². The number of aromatic hydroxyl groups is 1. The molecule has 7 rings (SSSR count). The van der Waals surface area contributed by atoms with Crippen molar-refractivity contribution in [2.75, 3.05) is 18.4 Å². The minimum Gasteiger partial charge on any atom is -0.508 e. The summed E-state index contributed by atoms with van der Waals surface area (Å²) in [4.78, 5) is 15.8. The summed E-state index contributed by atoms with van der Waals surface area (Å²) in [5.74, 6) is 0.280. The fourth-order valence-corrected chi connectivity index (χ4v) is 7.27. The van der Waals surface area contributed by atoms with Crippen molar-refractivity contribution in [3.8, 4) is 11.5 Å². The summed E-state index contributed by atoms with van der Waals surface area (Å²) in [5, 5.41) is 46.9. The average Bonchev–Trinajstić information content (AvgIpc) is 3.61. The van der Waals surface area contributed by atoms with Crippen LogP contribution in [0.15, 0.2) is 47.7 Å². The number of benzene rings is 2. The van der Waals surface area contributed by atoms with Crippen LogP contribution in [0.3, 0.4) is 0 Å². The highest BCUT2D eigenvalue weighted by molar-refractivity contribution is 6.04. The number of rotatable bonds is 5. The number of phenols is 1. The van der Waals surface area contributed by atoms with E-state index < -0.39 is 23.0 Å². The van der Waals surface area contributed by atoms with Crippen LogP contribution in [-0.2, 0) is 23.2 Å². The molecule has 0 aromatic heterocycles. The maximum absolute atomic E-state index is 13.5. The lowest BCUT2D eigenvalue weighted by molar-refractivity contribution is -0.172. The molecule has 188 valence electrons. The Labute approximate surface area is 208 Å². The zero-order chi connectivity index (χ0) is 24.8. The van der Waals surface area contributed by atoms with E-state index in [1.165, 1.54) is 12.8 Å². The monoisotopic (exact) mass is 490 g/mol. The number of likely N-dealkylation sites (tertiary alicyclic amines) is 1. The third-order valence-corrected chi connectivity index (χ3v) is 9.19. The van der Waals surface area contributed by atoms with Gasteiger partial charge in [0.1, 0.15) is 5.76 Å². The summed E-state index contributed by atoms with van der Waals surface area (Å²) in [6.07, 6.45) is 2.64. The van der Waals surface area contributed by atoms with Gasteiger partial charge in [-0.15, -0.1) is 0 Å². The predicted octanol–water partition coefficient (Wildman–Crippen LogP) is 2.51. The van der Waals surface area contributed by atoms with Crippen LogP contribution in [0.5, 0.6) is 11.5 Å². The van der Waals surface area contributed by atoms with Gasteiger partial charge in [-0.1, -0.05) is 18.2 Å². The van der Waals surface area contributed by atoms with Gasteiger partial charge in [-0.05, 0) is 67.5 Å². The molecule has 8 nitrogen and oxygen atoms in total. The molecule has 2 aliphatic heterocycles. The lowest BCUT2D eigenvalue weighted by atomic mass is 9.49. The van der Waals surface area contributed by atoms with Crippen LogP contribution < -0.4 is 10.1 Å². The number of amides is 1. The first-order chi connectivity index (χ1) is 17.4. The number of nitrogens with one attached hydrogen (secondary N) is 1. The van der Waals surface area contributed by atoms with Crippen molar-refractivity contribution in [3.05, 3.63) is 64.4 Å². The minimum absolute atomic E-state index is 0.000377. The smallest absolute Gasteiger partial charge is 0.255 e. The van der Waals surface area contributed by atoms with Crippen molar-refractivity contribution in [3.63, 3.8) is 0 Å². The van der Waals surface area contributed by atoms with E-state index in [0.717, 1.165) is 29.8 Å². The highest BCUT2D eigenvalue weighted by Crippen LogP contribution is 2.66. The van der Waals surface area contributed by atoms with E-state index >= 15 is 0 Å². The first-order valence-electron chi connectivity index (χ1n) is 12.8. The van der Waals surface area contributed by atoms with Crippen molar-refractivity contribution in [1.29, 1.82) is 0 Å². The van der Waals surface area contributed by atoms with Crippen LogP contribution in [0.4, 0.5) is 5.69 Å². The number of nitrogens with zero attached hydrogens (tertiary/aromatic N) is 1.